The number of halogens is 1. The van der Waals surface area contributed by atoms with Gasteiger partial charge in [-0.2, -0.15) is 10.2 Å². The third-order valence-corrected chi connectivity index (χ3v) is 19.8. The number of nitrogens with zero attached hydrogens (tertiary/aromatic N) is 11. The van der Waals surface area contributed by atoms with E-state index in [0.29, 0.717) is 82.3 Å². The highest BCUT2D eigenvalue weighted by Gasteiger charge is 2.26. The second-order valence-electron chi connectivity index (χ2n) is 30.5. The standard InChI is InChI=1S/C44H50N10O4.C38H38BrN9O3.C6H13NO.CH4/c1-29-12-14-31(15-13-29)54-41(24-38(52-54)44(2,3)4)51-43(56)49-35-16-17-37(34-11-7-6-10-33(34)35)58-28-30-18-19-45-39(23-30)50-40-26-47-36(25-48-40)42(55)46-20-22-53-21-8-9-32(27-53)57-5;1-24-9-11-26(12-10-24)48-35(20-32(47-48)38(2,3)4)46-37(50)44-29-13-14-31(28-8-6-5-7-27(28)29)51-23-25-15-17-40-33(19-25)45-34-22-42-30(21-43-34)36(49)41-18-16-39;1-8-6-3-2-4-7-5-6;/h6-7,10-19,23-26,32H,8-9,20-22,27-28H2,1-5H3,(H,46,55)(H,45,48,50)(H2,49,51,56);5-15,17,19-22H,16,18,23H2,1-4H3,(H,41,49)(H,40,43,45)(H2,44,46,50);6-7H,2-5H2,1H3;1H4/t32-;;6-;/m0.0./s1. The molecule has 8 heterocycles. The number of anilines is 8. The lowest BCUT2D eigenvalue weighted by Gasteiger charge is -2.31. The number of pyridine rings is 2. The van der Waals surface area contributed by atoms with Crippen LogP contribution in [0.3, 0.4) is 0 Å². The Morgan fingerprint density at radius 1 is 0.508 bits per heavy atom. The van der Waals surface area contributed by atoms with Crippen molar-refractivity contribution in [2.45, 2.75) is 125 Å². The van der Waals surface area contributed by atoms with Gasteiger partial charge in [0.05, 0.1) is 71.1 Å². The number of hydrogen-bond acceptors (Lipinski definition) is 20. The molecule has 2 aliphatic heterocycles. The Bertz CT molecular complexity index is 5340. The summed E-state index contributed by atoms with van der Waals surface area (Å²) >= 11 is 3.28. The summed E-state index contributed by atoms with van der Waals surface area (Å²) in [5.74, 6) is 3.90. The Kier molecular flexibility index (Phi) is 30.1. The lowest BCUT2D eigenvalue weighted by Crippen LogP contribution is -2.43. The molecule has 12 aromatic rings. The van der Waals surface area contributed by atoms with Crippen molar-refractivity contribution in [3.05, 3.63) is 240 Å². The molecule has 0 spiro atoms. The lowest BCUT2D eigenvalue weighted by atomic mass is 9.92. The quantitative estimate of drug-likeness (QED) is 0.0240. The van der Waals surface area contributed by atoms with Crippen LogP contribution in [0.4, 0.5) is 55.9 Å². The number of urea groups is 2. The number of aryl methyl sites for hydroxylation is 2. The molecule has 0 saturated carbocycles. The SMILES string of the molecule is C.CO[C@H]1CCCN(CCNC(=O)c2cnc(Nc3cc(COc4ccc(NC(=O)Nc5cc(C(C)(C)C)nn5-c5ccc(C)cc5)c5ccccc45)ccn3)cn2)C1.CO[C@H]1CCCNC1.Cc1ccc(-n2nc(C(C)(C)C)cc2NC(=O)Nc2ccc(OCc3ccnc(Nc4cnc(C(=O)NCCBr)cn4)c3)c3ccccc23)cc1. The average Bonchev–Trinajstić information content (AvgIpc) is 1.44. The number of ether oxygens (including phenoxy) is 4. The van der Waals surface area contributed by atoms with E-state index in [1.807, 2.05) is 172 Å². The molecule has 616 valence electrons. The molecule has 2 atom stereocenters. The zero-order valence-electron chi connectivity index (χ0n) is 67.6. The predicted octanol–water partition coefficient (Wildman–Crippen LogP) is 16.6. The van der Waals surface area contributed by atoms with Crippen LogP contribution in [0.25, 0.3) is 32.9 Å². The zero-order chi connectivity index (χ0) is 82.4. The van der Waals surface area contributed by atoms with Crippen LogP contribution in [0.15, 0.2) is 195 Å². The monoisotopic (exact) mass is 1660 g/mol. The van der Waals surface area contributed by atoms with E-state index in [2.05, 4.69) is 140 Å². The molecule has 0 unspecified atom stereocenters. The second kappa shape index (κ2) is 41.0. The van der Waals surface area contributed by atoms with Gasteiger partial charge in [0.2, 0.25) is 0 Å². The summed E-state index contributed by atoms with van der Waals surface area (Å²) in [5.41, 5.74) is 8.75. The van der Waals surface area contributed by atoms with E-state index >= 15 is 0 Å². The molecule has 9 N–H and O–H groups in total. The maximum absolute atomic E-state index is 13.5. The first kappa shape index (κ1) is 86.6. The van der Waals surface area contributed by atoms with Crippen LogP contribution in [0.1, 0.15) is 129 Å². The molecular weight excluding hydrogens is 1560 g/mol. The number of methoxy groups -OCH3 is 2. The van der Waals surface area contributed by atoms with Crippen LogP contribution < -0.4 is 57.3 Å². The van der Waals surface area contributed by atoms with Crippen LogP contribution in [0.5, 0.6) is 11.5 Å². The Hall–Kier alpha value is -12.3. The lowest BCUT2D eigenvalue weighted by molar-refractivity contribution is 0.0318. The Morgan fingerprint density at radius 3 is 1.38 bits per heavy atom. The number of nitrogens with one attached hydrogen (secondary N) is 9. The van der Waals surface area contributed by atoms with Gasteiger partial charge in [-0.05, 0) is 137 Å². The molecule has 28 nitrogen and oxygen atoms in total. The fourth-order valence-corrected chi connectivity index (χ4v) is 13.2. The van der Waals surface area contributed by atoms with Crippen molar-refractivity contribution in [1.29, 1.82) is 0 Å². The average molecular weight is 1660 g/mol. The summed E-state index contributed by atoms with van der Waals surface area (Å²) < 4.78 is 26.7. The van der Waals surface area contributed by atoms with Gasteiger partial charge in [-0.25, -0.2) is 48.9 Å². The largest absolute Gasteiger partial charge is 0.488 e. The fourth-order valence-electron chi connectivity index (χ4n) is 13.0. The van der Waals surface area contributed by atoms with Crippen LogP contribution in [-0.4, -0.2) is 156 Å². The molecule has 14 rings (SSSR count). The molecule has 118 heavy (non-hydrogen) atoms. The number of benzene rings is 6. The molecule has 0 aliphatic carbocycles. The highest BCUT2D eigenvalue weighted by atomic mass is 79.9. The van der Waals surface area contributed by atoms with Gasteiger partial charge in [0.15, 0.2) is 0 Å². The summed E-state index contributed by atoms with van der Waals surface area (Å²) in [4.78, 5) is 80.0. The van der Waals surface area contributed by atoms with Gasteiger partial charge in [0.1, 0.15) is 71.0 Å². The highest BCUT2D eigenvalue weighted by molar-refractivity contribution is 9.09. The van der Waals surface area contributed by atoms with Crippen molar-refractivity contribution in [3.8, 4) is 22.9 Å². The van der Waals surface area contributed by atoms with Gasteiger partial charge < -0.3 is 56.2 Å². The van der Waals surface area contributed by atoms with E-state index in [9.17, 15) is 19.2 Å². The van der Waals surface area contributed by atoms with Crippen molar-refractivity contribution in [2.24, 2.45) is 0 Å². The van der Waals surface area contributed by atoms with Gasteiger partial charge in [0, 0.05) is 109 Å². The first-order chi connectivity index (χ1) is 56.5. The van der Waals surface area contributed by atoms with E-state index < -0.39 is 12.1 Å². The third kappa shape index (κ3) is 24.0. The van der Waals surface area contributed by atoms with Crippen LogP contribution in [-0.2, 0) is 33.5 Å². The Morgan fingerprint density at radius 2 is 0.966 bits per heavy atom. The van der Waals surface area contributed by atoms with Gasteiger partial charge in [0.25, 0.3) is 11.8 Å². The van der Waals surface area contributed by atoms with E-state index in [1.54, 1.807) is 36.0 Å². The summed E-state index contributed by atoms with van der Waals surface area (Å²) in [6.45, 7) is 23.0. The van der Waals surface area contributed by atoms with Crippen LogP contribution in [0, 0.1) is 13.8 Å². The molecule has 29 heteroatoms. The van der Waals surface area contributed by atoms with Crippen molar-refractivity contribution in [1.82, 2.24) is 70.3 Å². The van der Waals surface area contributed by atoms with E-state index in [4.69, 9.17) is 29.1 Å². The minimum absolute atomic E-state index is 0. The minimum atomic E-state index is -0.392. The van der Waals surface area contributed by atoms with Crippen LogP contribution in [0.2, 0.25) is 0 Å². The maximum atomic E-state index is 13.5. The number of likely N-dealkylation sites (tertiary alicyclic amines) is 1. The first-order valence-electron chi connectivity index (χ1n) is 39.0. The highest BCUT2D eigenvalue weighted by Crippen LogP contribution is 2.36. The number of fused-ring (bicyclic) bond motifs is 2. The molecule has 2 aliphatic rings. The molecule has 0 radical (unpaired) electrons. The van der Waals surface area contributed by atoms with Gasteiger partial charge in [-0.1, -0.05) is 149 Å². The van der Waals surface area contributed by atoms with E-state index in [0.717, 1.165) is 106 Å². The molecule has 2 saturated heterocycles. The molecule has 2 fully saturated rings. The third-order valence-electron chi connectivity index (χ3n) is 19.5. The van der Waals surface area contributed by atoms with Gasteiger partial charge >= 0.3 is 12.1 Å². The number of aromatic nitrogens is 10. The summed E-state index contributed by atoms with van der Waals surface area (Å²) in [5, 5.41) is 40.9. The topological polar surface area (TPSA) is 330 Å². The first-order valence-corrected chi connectivity index (χ1v) is 40.1. The minimum Gasteiger partial charge on any atom is -0.488 e. The number of hydrogen-bond donors (Lipinski definition) is 9. The number of carbonyl (C=O) groups excluding carboxylic acids is 4. The van der Waals surface area contributed by atoms with Crippen molar-refractivity contribution < 1.29 is 38.1 Å². The van der Waals surface area contributed by atoms with E-state index in [1.165, 1.54) is 44.2 Å². The second-order valence-corrected chi connectivity index (χ2v) is 31.3. The van der Waals surface area contributed by atoms with Gasteiger partial charge in [-0.15, -0.1) is 0 Å². The van der Waals surface area contributed by atoms with Gasteiger partial charge in [-0.3, -0.25) is 25.1 Å². The van der Waals surface area contributed by atoms with Crippen molar-refractivity contribution in [3.63, 3.8) is 0 Å². The van der Waals surface area contributed by atoms with Crippen LogP contribution >= 0.6 is 15.9 Å². The summed E-state index contributed by atoms with van der Waals surface area (Å²) in [6.07, 6.45) is 14.6. The summed E-state index contributed by atoms with van der Waals surface area (Å²) in [7, 11) is 3.52. The molecule has 6 aromatic heterocycles. The van der Waals surface area contributed by atoms with Crippen molar-refractivity contribution in [2.75, 3.05) is 97.3 Å². The van der Waals surface area contributed by atoms with E-state index in [-0.39, 0.29) is 60.8 Å². The molecule has 0 bridgehead atoms. The molecular formula is C89H105BrN20O8. The number of piperidine rings is 2. The normalized spacial score (nSPS) is 14.1. The Labute approximate surface area is 697 Å². The summed E-state index contributed by atoms with van der Waals surface area (Å²) in [6, 6.07) is 49.4. The smallest absolute Gasteiger partial charge is 0.324 e. The number of carbonyl (C=O) groups is 4. The number of amides is 6. The number of alkyl halides is 1. The maximum Gasteiger partial charge on any atom is 0.324 e. The Balaban J connectivity index is 0.000000211. The fraction of sp³-hybridized carbons (Fsp3) is 0.326. The molecule has 6 aromatic carbocycles. The zero-order valence-corrected chi connectivity index (χ0v) is 69.2. The molecule has 6 amide bonds. The number of rotatable bonds is 25. The van der Waals surface area contributed by atoms with Crippen molar-refractivity contribution >= 4 is 108 Å². The predicted molar refractivity (Wildman–Crippen MR) is 470 cm³/mol.